The zero-order chi connectivity index (χ0) is 16.9. The predicted molar refractivity (Wildman–Crippen MR) is 107 cm³/mol. The Morgan fingerprint density at radius 2 is 1.16 bits per heavy atom. The van der Waals surface area contributed by atoms with Crippen molar-refractivity contribution >= 4 is 42.9 Å². The van der Waals surface area contributed by atoms with E-state index < -0.39 is 0 Å². The number of anilines is 2. The third-order valence-electron chi connectivity index (χ3n) is 3.64. The van der Waals surface area contributed by atoms with E-state index in [0.29, 0.717) is 0 Å². The van der Waals surface area contributed by atoms with Crippen LogP contribution < -0.4 is 14.7 Å². The summed E-state index contributed by atoms with van der Waals surface area (Å²) in [6.45, 7) is 0. The van der Waals surface area contributed by atoms with E-state index >= 15 is 0 Å². The minimum atomic E-state index is 0.892. The lowest BCUT2D eigenvalue weighted by atomic mass is 10.2. The molecule has 1 aromatic heterocycles. The molecule has 0 aliphatic rings. The van der Waals surface area contributed by atoms with Crippen LogP contribution in [-0.4, -0.2) is 4.98 Å². The SMILES string of the molecule is c1ccc(Nc2nc(=[N+](c3ccccc3)c3ccccc3)ss2)cc1. The average molecular weight is 363 g/mol. The normalized spacial score (nSPS) is 10.4. The van der Waals surface area contributed by atoms with Crippen molar-refractivity contribution in [3.8, 4) is 0 Å². The molecule has 5 heteroatoms. The van der Waals surface area contributed by atoms with Crippen LogP contribution >= 0.6 is 20.7 Å². The molecule has 1 N–H and O–H groups in total. The van der Waals surface area contributed by atoms with Gasteiger partial charge in [-0.2, -0.15) is 4.58 Å². The molecule has 0 spiro atoms. The van der Waals surface area contributed by atoms with Crippen molar-refractivity contribution in [3.63, 3.8) is 0 Å². The van der Waals surface area contributed by atoms with E-state index in [9.17, 15) is 0 Å². The minimum absolute atomic E-state index is 0.892. The highest BCUT2D eigenvalue weighted by Gasteiger charge is 2.16. The van der Waals surface area contributed by atoms with Crippen molar-refractivity contribution in [2.24, 2.45) is 0 Å². The van der Waals surface area contributed by atoms with Crippen LogP contribution in [0, 0.1) is 0 Å². The monoisotopic (exact) mass is 362 g/mol. The van der Waals surface area contributed by atoms with Gasteiger partial charge < -0.3 is 5.32 Å². The second kappa shape index (κ2) is 7.42. The van der Waals surface area contributed by atoms with Gasteiger partial charge in [0.2, 0.25) is 0 Å². The zero-order valence-corrected chi connectivity index (χ0v) is 15.0. The van der Waals surface area contributed by atoms with Crippen molar-refractivity contribution in [2.45, 2.75) is 0 Å². The van der Waals surface area contributed by atoms with Gasteiger partial charge in [-0.3, -0.25) is 0 Å². The summed E-state index contributed by atoms with van der Waals surface area (Å²) < 4.78 is 2.18. The van der Waals surface area contributed by atoms with Gasteiger partial charge in [0.05, 0.1) is 0 Å². The first-order valence-electron chi connectivity index (χ1n) is 7.92. The van der Waals surface area contributed by atoms with E-state index in [1.54, 1.807) is 20.7 Å². The Hall–Kier alpha value is -2.76. The standard InChI is InChI=1S/C20H15N3S2/c1-4-10-16(11-5-1)21-19-22-20(25-24-19)23(17-12-6-2-7-13-17)18-14-8-3-9-15-18/h1-15H/p+1. The topological polar surface area (TPSA) is 27.9 Å². The number of rotatable bonds is 4. The van der Waals surface area contributed by atoms with Crippen LogP contribution in [-0.2, 0) is 0 Å². The fourth-order valence-electron chi connectivity index (χ4n) is 2.51. The molecule has 4 aromatic rings. The molecule has 0 atom stereocenters. The molecule has 3 nitrogen and oxygen atoms in total. The fraction of sp³-hybridized carbons (Fsp3) is 0. The molecule has 0 bridgehead atoms. The van der Waals surface area contributed by atoms with Gasteiger partial charge in [0.15, 0.2) is 0 Å². The number of hydrogen-bond acceptors (Lipinski definition) is 4. The molecule has 0 fully saturated rings. The van der Waals surface area contributed by atoms with Gasteiger partial charge in [-0.15, -0.1) is 0 Å². The summed E-state index contributed by atoms with van der Waals surface area (Å²) in [4.78, 5) is 5.76. The quantitative estimate of drug-likeness (QED) is 0.390. The highest BCUT2D eigenvalue weighted by Crippen LogP contribution is 2.22. The molecule has 122 valence electrons. The molecule has 0 saturated carbocycles. The van der Waals surface area contributed by atoms with Crippen molar-refractivity contribution < 1.29 is 0 Å². The fourth-order valence-corrected chi connectivity index (χ4v) is 4.45. The van der Waals surface area contributed by atoms with Crippen LogP contribution in [0.15, 0.2) is 91.0 Å². The van der Waals surface area contributed by atoms with E-state index in [-0.39, 0.29) is 0 Å². The van der Waals surface area contributed by atoms with Gasteiger partial charge >= 0.3 is 9.93 Å². The number of nitrogens with zero attached hydrogens (tertiary/aromatic N) is 2. The van der Waals surface area contributed by atoms with Crippen LogP contribution in [0.2, 0.25) is 0 Å². The second-order valence-corrected chi connectivity index (χ2v) is 7.45. The lowest BCUT2D eigenvalue weighted by Crippen LogP contribution is -2.20. The Labute approximate surface area is 153 Å². The maximum Gasteiger partial charge on any atom is 0.401 e. The number of aromatic nitrogens is 1. The molecule has 4 rings (SSSR count). The van der Waals surface area contributed by atoms with E-state index in [1.807, 2.05) is 66.7 Å². The summed E-state index contributed by atoms with van der Waals surface area (Å²) in [5.74, 6) is 0. The zero-order valence-electron chi connectivity index (χ0n) is 13.4. The summed E-state index contributed by atoms with van der Waals surface area (Å²) in [6, 6.07) is 30.8. The number of nitrogens with one attached hydrogen (secondary N) is 1. The molecule has 0 saturated heterocycles. The summed E-state index contributed by atoms with van der Waals surface area (Å²) in [5, 5.41) is 4.26. The molecule has 0 aliphatic heterocycles. The largest absolute Gasteiger partial charge is 0.401 e. The third kappa shape index (κ3) is 3.68. The minimum Gasteiger partial charge on any atom is -0.310 e. The molecule has 0 unspecified atom stereocenters. The highest BCUT2D eigenvalue weighted by atomic mass is 32.9. The van der Waals surface area contributed by atoms with Crippen molar-refractivity contribution in [2.75, 3.05) is 5.32 Å². The lowest BCUT2D eigenvalue weighted by Gasteiger charge is -2.03. The van der Waals surface area contributed by atoms with Crippen LogP contribution in [0.25, 0.3) is 0 Å². The van der Waals surface area contributed by atoms with E-state index in [0.717, 1.165) is 27.0 Å². The Kier molecular flexibility index (Phi) is 4.68. The summed E-state index contributed by atoms with van der Waals surface area (Å²) in [5.41, 5.74) is 3.24. The maximum atomic E-state index is 4.81. The maximum absolute atomic E-state index is 4.81. The molecular weight excluding hydrogens is 346 g/mol. The number of para-hydroxylation sites is 3. The van der Waals surface area contributed by atoms with Crippen molar-refractivity contribution in [3.05, 3.63) is 95.8 Å². The van der Waals surface area contributed by atoms with Crippen LogP contribution in [0.1, 0.15) is 0 Å². The van der Waals surface area contributed by atoms with E-state index in [1.165, 1.54) is 0 Å². The van der Waals surface area contributed by atoms with Crippen LogP contribution in [0.3, 0.4) is 0 Å². The highest BCUT2D eigenvalue weighted by molar-refractivity contribution is 7.69. The summed E-state index contributed by atoms with van der Waals surface area (Å²) in [7, 11) is 3.30. The summed E-state index contributed by atoms with van der Waals surface area (Å²) >= 11 is 0. The van der Waals surface area contributed by atoms with E-state index in [2.05, 4.69) is 34.2 Å². The Morgan fingerprint density at radius 1 is 0.640 bits per heavy atom. The molecule has 25 heavy (non-hydrogen) atoms. The number of hydrogen-bond donors (Lipinski definition) is 1. The van der Waals surface area contributed by atoms with Crippen LogP contribution in [0.5, 0.6) is 0 Å². The Morgan fingerprint density at radius 3 is 1.72 bits per heavy atom. The molecule has 0 radical (unpaired) electrons. The van der Waals surface area contributed by atoms with Gasteiger partial charge in [0.25, 0.3) is 0 Å². The predicted octanol–water partition coefficient (Wildman–Crippen LogP) is 5.38. The molecule has 1 heterocycles. The van der Waals surface area contributed by atoms with Gasteiger partial charge in [0.1, 0.15) is 11.4 Å². The molecular formula is C20H16N3S2+. The first-order chi connectivity index (χ1) is 12.4. The first-order valence-corrected chi connectivity index (χ1v) is 10.1. The third-order valence-corrected chi connectivity index (χ3v) is 5.67. The molecule has 3 aromatic carbocycles. The van der Waals surface area contributed by atoms with Gasteiger partial charge in [-0.05, 0) is 46.7 Å². The van der Waals surface area contributed by atoms with Gasteiger partial charge in [-0.1, -0.05) is 54.6 Å². The molecule has 0 amide bonds. The van der Waals surface area contributed by atoms with Gasteiger partial charge in [-0.25, -0.2) is 0 Å². The number of benzene rings is 3. The average Bonchev–Trinajstić information content (AvgIpc) is 3.12. The summed E-state index contributed by atoms with van der Waals surface area (Å²) in [6.07, 6.45) is 0. The van der Waals surface area contributed by atoms with Crippen LogP contribution in [0.4, 0.5) is 22.2 Å². The van der Waals surface area contributed by atoms with E-state index in [4.69, 9.17) is 4.98 Å². The first kappa shape index (κ1) is 15.7. The van der Waals surface area contributed by atoms with Crippen molar-refractivity contribution in [1.82, 2.24) is 9.56 Å². The van der Waals surface area contributed by atoms with Gasteiger partial charge in [0, 0.05) is 21.0 Å². The molecule has 0 aliphatic carbocycles. The second-order valence-electron chi connectivity index (χ2n) is 5.36. The smallest absolute Gasteiger partial charge is 0.310 e. The lowest BCUT2D eigenvalue weighted by molar-refractivity contribution is 0.958. The Bertz CT molecular complexity index is 965. The van der Waals surface area contributed by atoms with Crippen molar-refractivity contribution in [1.29, 1.82) is 0 Å². The Balaban J connectivity index is 1.82.